The van der Waals surface area contributed by atoms with E-state index < -0.39 is 11.9 Å². The monoisotopic (exact) mass is 440 g/mol. The molecule has 0 aromatic carbocycles. The predicted molar refractivity (Wildman–Crippen MR) is 131 cm³/mol. The van der Waals surface area contributed by atoms with Crippen LogP contribution in [0.25, 0.3) is 0 Å². The topological polar surface area (TPSA) is 74.6 Å². The molecule has 0 amide bonds. The Balaban J connectivity index is 3.58. The van der Waals surface area contributed by atoms with Crippen LogP contribution in [-0.4, -0.2) is 22.2 Å². The summed E-state index contributed by atoms with van der Waals surface area (Å²) in [5.74, 6) is -1.54. The van der Waals surface area contributed by atoms with Gasteiger partial charge in [-0.25, -0.2) is 0 Å². The molecule has 2 unspecified atom stereocenters. The first-order valence-corrected chi connectivity index (χ1v) is 13.5. The van der Waals surface area contributed by atoms with Gasteiger partial charge in [0.15, 0.2) is 0 Å². The van der Waals surface area contributed by atoms with Crippen molar-refractivity contribution in [2.24, 2.45) is 11.8 Å². The first-order chi connectivity index (χ1) is 15.0. The van der Waals surface area contributed by atoms with Gasteiger partial charge in [-0.2, -0.15) is 0 Å². The van der Waals surface area contributed by atoms with Crippen LogP contribution in [0.4, 0.5) is 0 Å². The molecule has 4 nitrogen and oxygen atoms in total. The Morgan fingerprint density at radius 1 is 0.452 bits per heavy atom. The van der Waals surface area contributed by atoms with Gasteiger partial charge in [-0.1, -0.05) is 123 Å². The van der Waals surface area contributed by atoms with Gasteiger partial charge in [-0.3, -0.25) is 9.59 Å². The van der Waals surface area contributed by atoms with Crippen molar-refractivity contribution in [1.82, 2.24) is 0 Å². The Morgan fingerprint density at radius 2 is 0.742 bits per heavy atom. The Labute approximate surface area is 192 Å². The molecule has 0 aromatic rings. The van der Waals surface area contributed by atoms with Crippen molar-refractivity contribution < 1.29 is 19.8 Å². The highest BCUT2D eigenvalue weighted by Crippen LogP contribution is 2.20. The molecule has 31 heavy (non-hydrogen) atoms. The molecule has 0 bridgehead atoms. The van der Waals surface area contributed by atoms with Gasteiger partial charge in [0.1, 0.15) is 0 Å². The molecule has 4 heteroatoms. The van der Waals surface area contributed by atoms with Gasteiger partial charge in [0.2, 0.25) is 0 Å². The average molecular weight is 441 g/mol. The molecule has 0 aliphatic heterocycles. The molecule has 2 N–H and O–H groups in total. The lowest BCUT2D eigenvalue weighted by Crippen LogP contribution is -2.13. The number of hydrogen-bond acceptors (Lipinski definition) is 2. The summed E-state index contributed by atoms with van der Waals surface area (Å²) in [7, 11) is 0. The van der Waals surface area contributed by atoms with E-state index in [0.717, 1.165) is 64.2 Å². The van der Waals surface area contributed by atoms with Crippen molar-refractivity contribution in [3.63, 3.8) is 0 Å². The number of unbranched alkanes of at least 4 members (excludes halogenated alkanes) is 14. The average Bonchev–Trinajstić information content (AvgIpc) is 2.74. The lowest BCUT2D eigenvalue weighted by atomic mass is 9.94. The minimum Gasteiger partial charge on any atom is -0.481 e. The van der Waals surface area contributed by atoms with Crippen molar-refractivity contribution in [1.29, 1.82) is 0 Å². The van der Waals surface area contributed by atoms with Crippen molar-refractivity contribution in [2.45, 2.75) is 149 Å². The van der Waals surface area contributed by atoms with Gasteiger partial charge in [0, 0.05) is 0 Å². The van der Waals surface area contributed by atoms with E-state index in [1.165, 1.54) is 70.6 Å². The standard InChI is InChI=1S/C27H52O4/c1-3-5-6-7-8-11-15-18-22-25(27(30)31)23-19-16-13-10-9-12-14-17-21-24(20-4-2)26(28)29/h24-25H,3-23H2,1-2H3,(H,28,29)(H,30,31). The van der Waals surface area contributed by atoms with Crippen LogP contribution in [0.5, 0.6) is 0 Å². The normalized spacial score (nSPS) is 13.2. The second-order valence-corrected chi connectivity index (χ2v) is 9.53. The Bertz CT molecular complexity index is 421. The molecule has 0 radical (unpaired) electrons. The van der Waals surface area contributed by atoms with Crippen molar-refractivity contribution in [2.75, 3.05) is 0 Å². The van der Waals surface area contributed by atoms with Crippen molar-refractivity contribution >= 4 is 11.9 Å². The molecule has 184 valence electrons. The summed E-state index contributed by atoms with van der Waals surface area (Å²) in [6.45, 7) is 4.28. The molecule has 0 heterocycles. The smallest absolute Gasteiger partial charge is 0.306 e. The molecule has 0 aliphatic carbocycles. The summed E-state index contributed by atoms with van der Waals surface area (Å²) >= 11 is 0. The van der Waals surface area contributed by atoms with Crippen LogP contribution in [0, 0.1) is 11.8 Å². The summed E-state index contributed by atoms with van der Waals surface area (Å²) in [5, 5.41) is 18.6. The van der Waals surface area contributed by atoms with Crippen LogP contribution in [0.2, 0.25) is 0 Å². The Kier molecular flexibility index (Phi) is 21.4. The number of rotatable bonds is 24. The van der Waals surface area contributed by atoms with E-state index >= 15 is 0 Å². The molecule has 0 saturated heterocycles. The zero-order valence-electron chi connectivity index (χ0n) is 20.7. The molecule has 2 atom stereocenters. The molecular formula is C27H52O4. The van der Waals surface area contributed by atoms with Crippen LogP contribution in [0.15, 0.2) is 0 Å². The molecule has 0 saturated carbocycles. The van der Waals surface area contributed by atoms with Crippen molar-refractivity contribution in [3.8, 4) is 0 Å². The predicted octanol–water partition coefficient (Wildman–Crippen LogP) is 8.62. The largest absolute Gasteiger partial charge is 0.481 e. The van der Waals surface area contributed by atoms with Gasteiger partial charge in [0.25, 0.3) is 0 Å². The fourth-order valence-corrected chi connectivity index (χ4v) is 4.50. The second-order valence-electron chi connectivity index (χ2n) is 9.53. The number of carbonyl (C=O) groups is 2. The summed E-state index contributed by atoms with van der Waals surface area (Å²) in [6.07, 6.45) is 23.5. The van der Waals surface area contributed by atoms with Crippen LogP contribution in [-0.2, 0) is 9.59 Å². The highest BCUT2D eigenvalue weighted by atomic mass is 16.4. The molecular weight excluding hydrogens is 388 g/mol. The van der Waals surface area contributed by atoms with E-state index in [0.29, 0.717) is 0 Å². The number of carboxylic acid groups (broad SMARTS) is 2. The maximum Gasteiger partial charge on any atom is 0.306 e. The van der Waals surface area contributed by atoms with Crippen LogP contribution in [0.1, 0.15) is 149 Å². The first kappa shape index (κ1) is 29.9. The SMILES string of the molecule is CCCCCCCCCCC(CCCCCCCCCCC(CCC)C(=O)O)C(=O)O. The van der Waals surface area contributed by atoms with E-state index in [1.54, 1.807) is 0 Å². The summed E-state index contributed by atoms with van der Waals surface area (Å²) < 4.78 is 0. The third-order valence-electron chi connectivity index (χ3n) is 6.60. The van der Waals surface area contributed by atoms with Crippen LogP contribution in [0.3, 0.4) is 0 Å². The molecule has 0 fully saturated rings. The van der Waals surface area contributed by atoms with E-state index in [-0.39, 0.29) is 11.8 Å². The van der Waals surface area contributed by atoms with Gasteiger partial charge in [-0.05, 0) is 25.7 Å². The van der Waals surface area contributed by atoms with Crippen molar-refractivity contribution in [3.05, 3.63) is 0 Å². The number of hydrogen-bond donors (Lipinski definition) is 2. The third kappa shape index (κ3) is 19.4. The van der Waals surface area contributed by atoms with Gasteiger partial charge in [-0.15, -0.1) is 0 Å². The lowest BCUT2D eigenvalue weighted by Gasteiger charge is -2.12. The van der Waals surface area contributed by atoms with Gasteiger partial charge in [0.05, 0.1) is 11.8 Å². The maximum absolute atomic E-state index is 11.5. The minimum atomic E-state index is -0.635. The fraction of sp³-hybridized carbons (Fsp3) is 0.926. The molecule has 0 rings (SSSR count). The zero-order chi connectivity index (χ0) is 23.2. The van der Waals surface area contributed by atoms with E-state index in [2.05, 4.69) is 6.92 Å². The van der Waals surface area contributed by atoms with Gasteiger partial charge >= 0.3 is 11.9 Å². The molecule has 0 aromatic heterocycles. The number of carboxylic acids is 2. The lowest BCUT2D eigenvalue weighted by molar-refractivity contribution is -0.143. The fourth-order valence-electron chi connectivity index (χ4n) is 4.50. The Morgan fingerprint density at radius 3 is 1.03 bits per heavy atom. The zero-order valence-corrected chi connectivity index (χ0v) is 20.7. The first-order valence-electron chi connectivity index (χ1n) is 13.5. The third-order valence-corrected chi connectivity index (χ3v) is 6.60. The maximum atomic E-state index is 11.5. The van der Waals surface area contributed by atoms with E-state index in [4.69, 9.17) is 0 Å². The van der Waals surface area contributed by atoms with Crippen LogP contribution < -0.4 is 0 Å². The van der Waals surface area contributed by atoms with Crippen LogP contribution >= 0.6 is 0 Å². The Hall–Kier alpha value is -1.06. The van der Waals surface area contributed by atoms with E-state index in [1.807, 2.05) is 6.92 Å². The number of aliphatic carboxylic acids is 2. The highest BCUT2D eigenvalue weighted by Gasteiger charge is 2.16. The quantitative estimate of drug-likeness (QED) is 0.147. The van der Waals surface area contributed by atoms with Gasteiger partial charge < -0.3 is 10.2 Å². The minimum absolute atomic E-state index is 0.148. The summed E-state index contributed by atoms with van der Waals surface area (Å²) in [5.41, 5.74) is 0. The summed E-state index contributed by atoms with van der Waals surface area (Å²) in [6, 6.07) is 0. The molecule has 0 spiro atoms. The highest BCUT2D eigenvalue weighted by molar-refractivity contribution is 5.70. The molecule has 0 aliphatic rings. The summed E-state index contributed by atoms with van der Waals surface area (Å²) in [4.78, 5) is 22.6. The van der Waals surface area contributed by atoms with E-state index in [9.17, 15) is 19.8 Å². The second kappa shape index (κ2) is 22.1.